The Kier molecular flexibility index (Phi) is 7.10. The molecule has 3 heteroatoms. The van der Waals surface area contributed by atoms with E-state index in [2.05, 4.69) is 15.9 Å². The zero-order valence-electron chi connectivity index (χ0n) is 7.98. The maximum atomic E-state index is 8.91. The Balaban J connectivity index is 3.19. The number of halogens is 1. The van der Waals surface area contributed by atoms with E-state index in [0.29, 0.717) is 6.61 Å². The van der Waals surface area contributed by atoms with Gasteiger partial charge in [-0.05, 0) is 12.8 Å². The molecule has 0 fully saturated rings. The Bertz CT molecular complexity index is 105. The second-order valence-corrected chi connectivity index (χ2v) is 4.56. The highest BCUT2D eigenvalue weighted by molar-refractivity contribution is 9.09. The van der Waals surface area contributed by atoms with E-state index in [1.807, 2.05) is 13.8 Å². The van der Waals surface area contributed by atoms with Crippen LogP contribution >= 0.6 is 15.9 Å². The highest BCUT2D eigenvalue weighted by atomic mass is 79.9. The molecule has 0 aliphatic rings. The SMILES string of the molecule is CC(C)(CO)COCCCCBr. The first-order valence-electron chi connectivity index (χ1n) is 4.37. The lowest BCUT2D eigenvalue weighted by atomic mass is 9.97. The van der Waals surface area contributed by atoms with Crippen LogP contribution in [0.15, 0.2) is 0 Å². The molecule has 74 valence electrons. The molecule has 0 saturated heterocycles. The van der Waals surface area contributed by atoms with Crippen molar-refractivity contribution in [3.63, 3.8) is 0 Å². The maximum absolute atomic E-state index is 8.91. The molecule has 0 aromatic carbocycles. The summed E-state index contributed by atoms with van der Waals surface area (Å²) < 4.78 is 5.41. The van der Waals surface area contributed by atoms with Gasteiger partial charge in [-0.3, -0.25) is 0 Å². The summed E-state index contributed by atoms with van der Waals surface area (Å²) in [4.78, 5) is 0. The topological polar surface area (TPSA) is 29.5 Å². The minimum Gasteiger partial charge on any atom is -0.396 e. The van der Waals surface area contributed by atoms with Crippen LogP contribution in [0.5, 0.6) is 0 Å². The number of ether oxygens (including phenoxy) is 1. The Morgan fingerprint density at radius 2 is 2.00 bits per heavy atom. The largest absolute Gasteiger partial charge is 0.396 e. The van der Waals surface area contributed by atoms with Crippen molar-refractivity contribution in [2.75, 3.05) is 25.2 Å². The van der Waals surface area contributed by atoms with Crippen LogP contribution in [0.2, 0.25) is 0 Å². The van der Waals surface area contributed by atoms with E-state index in [9.17, 15) is 0 Å². The average molecular weight is 239 g/mol. The molecule has 0 bridgehead atoms. The van der Waals surface area contributed by atoms with E-state index >= 15 is 0 Å². The Hall–Kier alpha value is 0.400. The number of aliphatic hydroxyl groups excluding tert-OH is 1. The van der Waals surface area contributed by atoms with Crippen molar-refractivity contribution >= 4 is 15.9 Å². The molecule has 0 atom stereocenters. The van der Waals surface area contributed by atoms with E-state index in [4.69, 9.17) is 9.84 Å². The summed E-state index contributed by atoms with van der Waals surface area (Å²) in [5.41, 5.74) is -0.0889. The minimum atomic E-state index is -0.0889. The van der Waals surface area contributed by atoms with Crippen molar-refractivity contribution in [2.45, 2.75) is 26.7 Å². The molecule has 0 aliphatic carbocycles. The summed E-state index contributed by atoms with van der Waals surface area (Å²) >= 11 is 3.36. The highest BCUT2D eigenvalue weighted by Gasteiger charge is 2.15. The zero-order valence-corrected chi connectivity index (χ0v) is 9.56. The molecule has 0 rings (SSSR count). The van der Waals surface area contributed by atoms with Crippen molar-refractivity contribution in [1.29, 1.82) is 0 Å². The van der Waals surface area contributed by atoms with Gasteiger partial charge in [0, 0.05) is 17.4 Å². The molecule has 0 saturated carbocycles. The number of alkyl halides is 1. The molecular formula is C9H19BrO2. The van der Waals surface area contributed by atoms with Gasteiger partial charge in [0.15, 0.2) is 0 Å². The highest BCUT2D eigenvalue weighted by Crippen LogP contribution is 2.13. The van der Waals surface area contributed by atoms with E-state index in [1.54, 1.807) is 0 Å². The molecule has 0 aromatic rings. The average Bonchev–Trinajstić information content (AvgIpc) is 2.04. The molecule has 0 radical (unpaired) electrons. The molecule has 0 unspecified atom stereocenters. The van der Waals surface area contributed by atoms with Gasteiger partial charge in [0.2, 0.25) is 0 Å². The van der Waals surface area contributed by atoms with Gasteiger partial charge in [0.1, 0.15) is 0 Å². The summed E-state index contributed by atoms with van der Waals surface area (Å²) in [5.74, 6) is 0. The van der Waals surface area contributed by atoms with E-state index in [-0.39, 0.29) is 12.0 Å². The van der Waals surface area contributed by atoms with E-state index < -0.39 is 0 Å². The fourth-order valence-corrected chi connectivity index (χ4v) is 1.09. The third kappa shape index (κ3) is 7.07. The summed E-state index contributed by atoms with van der Waals surface area (Å²) in [5, 5.41) is 9.95. The Morgan fingerprint density at radius 1 is 1.33 bits per heavy atom. The Labute approximate surface area is 83.4 Å². The first-order chi connectivity index (χ1) is 5.62. The molecular weight excluding hydrogens is 220 g/mol. The van der Waals surface area contributed by atoms with Crippen molar-refractivity contribution in [3.05, 3.63) is 0 Å². The zero-order chi connectivity index (χ0) is 9.45. The molecule has 0 aromatic heterocycles. The second kappa shape index (κ2) is 6.87. The first kappa shape index (κ1) is 12.4. The van der Waals surface area contributed by atoms with Crippen LogP contribution in [0.4, 0.5) is 0 Å². The third-order valence-corrected chi connectivity index (χ3v) is 2.15. The van der Waals surface area contributed by atoms with Gasteiger partial charge in [-0.2, -0.15) is 0 Å². The van der Waals surface area contributed by atoms with Crippen LogP contribution in [0, 0.1) is 5.41 Å². The fourth-order valence-electron chi connectivity index (χ4n) is 0.693. The van der Waals surface area contributed by atoms with Crippen LogP contribution < -0.4 is 0 Å². The molecule has 2 nitrogen and oxygen atoms in total. The number of rotatable bonds is 7. The van der Waals surface area contributed by atoms with Crippen molar-refractivity contribution in [2.24, 2.45) is 5.41 Å². The molecule has 0 amide bonds. The predicted octanol–water partition coefficient (Wildman–Crippen LogP) is 2.20. The molecule has 12 heavy (non-hydrogen) atoms. The van der Waals surface area contributed by atoms with Gasteiger partial charge < -0.3 is 9.84 Å². The number of hydrogen-bond donors (Lipinski definition) is 1. The summed E-state index contributed by atoms with van der Waals surface area (Å²) in [6.45, 7) is 5.63. The molecule has 0 aliphatic heterocycles. The van der Waals surface area contributed by atoms with Crippen LogP contribution in [0.3, 0.4) is 0 Å². The van der Waals surface area contributed by atoms with E-state index in [0.717, 1.165) is 24.8 Å². The first-order valence-corrected chi connectivity index (χ1v) is 5.49. The molecule has 0 spiro atoms. The quantitative estimate of drug-likeness (QED) is 0.545. The maximum Gasteiger partial charge on any atom is 0.0539 e. The van der Waals surface area contributed by atoms with Crippen molar-refractivity contribution in [1.82, 2.24) is 0 Å². The second-order valence-electron chi connectivity index (χ2n) is 3.77. The smallest absolute Gasteiger partial charge is 0.0539 e. The Morgan fingerprint density at radius 3 is 2.50 bits per heavy atom. The lowest BCUT2D eigenvalue weighted by Gasteiger charge is -2.20. The van der Waals surface area contributed by atoms with Gasteiger partial charge >= 0.3 is 0 Å². The number of hydrogen-bond acceptors (Lipinski definition) is 2. The lowest BCUT2D eigenvalue weighted by Crippen LogP contribution is -2.23. The summed E-state index contributed by atoms with van der Waals surface area (Å²) in [6, 6.07) is 0. The van der Waals surface area contributed by atoms with Gasteiger partial charge in [-0.1, -0.05) is 29.8 Å². The van der Waals surface area contributed by atoms with Crippen LogP contribution in [-0.2, 0) is 4.74 Å². The predicted molar refractivity (Wildman–Crippen MR) is 54.7 cm³/mol. The molecule has 1 N–H and O–H groups in total. The van der Waals surface area contributed by atoms with Crippen LogP contribution in [0.1, 0.15) is 26.7 Å². The monoisotopic (exact) mass is 238 g/mol. The van der Waals surface area contributed by atoms with Crippen molar-refractivity contribution < 1.29 is 9.84 Å². The minimum absolute atomic E-state index is 0.0889. The molecule has 0 heterocycles. The third-order valence-electron chi connectivity index (χ3n) is 1.59. The fraction of sp³-hybridized carbons (Fsp3) is 1.00. The summed E-state index contributed by atoms with van der Waals surface area (Å²) in [7, 11) is 0. The normalized spacial score (nSPS) is 12.0. The van der Waals surface area contributed by atoms with Crippen LogP contribution in [-0.4, -0.2) is 30.3 Å². The number of unbranched alkanes of at least 4 members (excludes halogenated alkanes) is 1. The van der Waals surface area contributed by atoms with Crippen LogP contribution in [0.25, 0.3) is 0 Å². The number of aliphatic hydroxyl groups is 1. The lowest BCUT2D eigenvalue weighted by molar-refractivity contribution is 0.0271. The van der Waals surface area contributed by atoms with Gasteiger partial charge in [0.05, 0.1) is 13.2 Å². The standard InChI is InChI=1S/C9H19BrO2/c1-9(2,7-11)8-12-6-4-3-5-10/h11H,3-8H2,1-2H3. The summed E-state index contributed by atoms with van der Waals surface area (Å²) in [6.07, 6.45) is 2.24. The van der Waals surface area contributed by atoms with E-state index in [1.165, 1.54) is 0 Å². The van der Waals surface area contributed by atoms with Gasteiger partial charge in [-0.25, -0.2) is 0 Å². The van der Waals surface area contributed by atoms with Gasteiger partial charge in [-0.15, -0.1) is 0 Å². The van der Waals surface area contributed by atoms with Gasteiger partial charge in [0.25, 0.3) is 0 Å². The van der Waals surface area contributed by atoms with Crippen molar-refractivity contribution in [3.8, 4) is 0 Å².